The molecule has 1 saturated heterocycles. The molecule has 2 fully saturated rings. The molecule has 0 radical (unpaired) electrons. The number of piperazine rings is 1. The lowest BCUT2D eigenvalue weighted by molar-refractivity contribution is -0.122. The number of nitrogens with one attached hydrogen (secondary N) is 1. The maximum absolute atomic E-state index is 11.6. The lowest BCUT2D eigenvalue weighted by Crippen LogP contribution is -2.51. The van der Waals surface area contributed by atoms with E-state index < -0.39 is 0 Å². The first kappa shape index (κ1) is 20.9. The van der Waals surface area contributed by atoms with Gasteiger partial charge in [0.25, 0.3) is 0 Å². The van der Waals surface area contributed by atoms with Gasteiger partial charge >= 0.3 is 0 Å². The maximum atomic E-state index is 11.6. The molecule has 0 bridgehead atoms. The van der Waals surface area contributed by atoms with Crippen molar-refractivity contribution in [3.8, 4) is 0 Å². The smallest absolute Gasteiger partial charge is 0.234 e. The zero-order valence-electron chi connectivity index (χ0n) is 12.8. The highest BCUT2D eigenvalue weighted by atomic mass is 35.5. The normalized spacial score (nSPS) is 21.0. The molecule has 1 aliphatic heterocycles. The minimum atomic E-state index is -0.139. The van der Waals surface area contributed by atoms with Crippen molar-refractivity contribution in [2.24, 2.45) is 5.92 Å². The van der Waals surface area contributed by atoms with Crippen LogP contribution in [0.3, 0.4) is 0 Å². The standard InChI is InChI=1S/C14H27N3O2.2ClH/c1-2-5-15-14(19)11-17-8-6-16(7-9-17)10-13(18)12-3-4-12;;/h12-13,18H,2-11H2,1H3,(H,15,19);2*1H. The number of carbonyl (C=O) groups excluding carboxylic acids is 1. The number of aliphatic hydroxyl groups is 1. The fourth-order valence-electron chi connectivity index (χ4n) is 2.55. The van der Waals surface area contributed by atoms with E-state index in [2.05, 4.69) is 22.0 Å². The minimum Gasteiger partial charge on any atom is -0.392 e. The van der Waals surface area contributed by atoms with Crippen molar-refractivity contribution in [1.82, 2.24) is 15.1 Å². The molecular formula is C14H29Cl2N3O2. The number of β-amino-alcohol motifs (C(OH)–C–C–N with tert-alkyl or cyclic N) is 1. The third-order valence-electron chi connectivity index (χ3n) is 4.02. The van der Waals surface area contributed by atoms with Crippen LogP contribution in [0.2, 0.25) is 0 Å². The molecule has 0 aromatic rings. The topological polar surface area (TPSA) is 55.8 Å². The molecule has 2 aliphatic rings. The number of amides is 1. The average Bonchev–Trinajstić information content (AvgIpc) is 3.23. The van der Waals surface area contributed by atoms with Gasteiger partial charge in [-0.3, -0.25) is 14.6 Å². The summed E-state index contributed by atoms with van der Waals surface area (Å²) in [5, 5.41) is 12.8. The first-order valence-corrected chi connectivity index (χ1v) is 7.58. The second-order valence-corrected chi connectivity index (χ2v) is 5.83. The largest absolute Gasteiger partial charge is 0.392 e. The molecule has 7 heteroatoms. The van der Waals surface area contributed by atoms with Gasteiger partial charge in [0.05, 0.1) is 12.6 Å². The zero-order valence-corrected chi connectivity index (χ0v) is 14.4. The Morgan fingerprint density at radius 2 is 1.76 bits per heavy atom. The molecule has 1 amide bonds. The Hall–Kier alpha value is -0.0700. The Kier molecular flexibility index (Phi) is 10.6. The summed E-state index contributed by atoms with van der Waals surface area (Å²) in [7, 11) is 0. The fourth-order valence-corrected chi connectivity index (χ4v) is 2.55. The highest BCUT2D eigenvalue weighted by Crippen LogP contribution is 2.32. The van der Waals surface area contributed by atoms with Crippen LogP contribution in [0.4, 0.5) is 0 Å². The number of aliphatic hydroxyl groups excluding tert-OH is 1. The third kappa shape index (κ3) is 7.66. The highest BCUT2D eigenvalue weighted by molar-refractivity contribution is 5.85. The molecular weight excluding hydrogens is 313 g/mol. The molecule has 1 heterocycles. The van der Waals surface area contributed by atoms with Crippen LogP contribution in [0.15, 0.2) is 0 Å². The van der Waals surface area contributed by atoms with E-state index in [0.717, 1.165) is 45.7 Å². The maximum Gasteiger partial charge on any atom is 0.234 e. The SMILES string of the molecule is CCCNC(=O)CN1CCN(CC(O)C2CC2)CC1.Cl.Cl. The Morgan fingerprint density at radius 3 is 2.29 bits per heavy atom. The molecule has 126 valence electrons. The molecule has 1 saturated carbocycles. The summed E-state index contributed by atoms with van der Waals surface area (Å²) in [4.78, 5) is 16.1. The van der Waals surface area contributed by atoms with E-state index in [9.17, 15) is 9.90 Å². The highest BCUT2D eigenvalue weighted by Gasteiger charge is 2.31. The lowest BCUT2D eigenvalue weighted by atomic mass is 10.2. The van der Waals surface area contributed by atoms with E-state index in [1.807, 2.05) is 0 Å². The van der Waals surface area contributed by atoms with Crippen molar-refractivity contribution in [2.45, 2.75) is 32.3 Å². The fraction of sp³-hybridized carbons (Fsp3) is 0.929. The zero-order chi connectivity index (χ0) is 13.7. The Morgan fingerprint density at radius 1 is 1.19 bits per heavy atom. The van der Waals surface area contributed by atoms with Gasteiger partial charge in [-0.15, -0.1) is 24.8 Å². The quantitative estimate of drug-likeness (QED) is 0.717. The number of halogens is 2. The molecule has 2 rings (SSSR count). The molecule has 2 N–H and O–H groups in total. The lowest BCUT2D eigenvalue weighted by Gasteiger charge is -2.35. The molecule has 1 atom stereocenters. The minimum absolute atomic E-state index is 0. The Bertz CT molecular complexity index is 296. The summed E-state index contributed by atoms with van der Waals surface area (Å²) in [6.45, 7) is 7.93. The number of hydrogen-bond donors (Lipinski definition) is 2. The first-order valence-electron chi connectivity index (χ1n) is 7.58. The van der Waals surface area contributed by atoms with E-state index in [-0.39, 0.29) is 36.8 Å². The van der Waals surface area contributed by atoms with Gasteiger partial charge in [0, 0.05) is 39.3 Å². The Labute approximate surface area is 140 Å². The summed E-state index contributed by atoms with van der Waals surface area (Å²) in [5.74, 6) is 0.686. The monoisotopic (exact) mass is 341 g/mol. The van der Waals surface area contributed by atoms with E-state index >= 15 is 0 Å². The van der Waals surface area contributed by atoms with E-state index in [1.165, 1.54) is 12.8 Å². The van der Waals surface area contributed by atoms with Crippen LogP contribution in [-0.2, 0) is 4.79 Å². The van der Waals surface area contributed by atoms with Crippen LogP contribution < -0.4 is 5.32 Å². The summed E-state index contributed by atoms with van der Waals surface area (Å²) in [6, 6.07) is 0. The van der Waals surface area contributed by atoms with E-state index in [1.54, 1.807) is 0 Å². The Balaban J connectivity index is 0.00000200. The van der Waals surface area contributed by atoms with Crippen molar-refractivity contribution in [2.75, 3.05) is 45.8 Å². The van der Waals surface area contributed by atoms with Crippen molar-refractivity contribution in [1.29, 1.82) is 0 Å². The van der Waals surface area contributed by atoms with E-state index in [4.69, 9.17) is 0 Å². The van der Waals surface area contributed by atoms with Gasteiger partial charge in [-0.25, -0.2) is 0 Å². The predicted molar refractivity (Wildman–Crippen MR) is 89.4 cm³/mol. The predicted octanol–water partition coefficient (Wildman–Crippen LogP) is 0.745. The van der Waals surface area contributed by atoms with Gasteiger partial charge in [-0.2, -0.15) is 0 Å². The van der Waals surface area contributed by atoms with Crippen LogP contribution in [-0.4, -0.2) is 72.7 Å². The van der Waals surface area contributed by atoms with E-state index in [0.29, 0.717) is 12.5 Å². The van der Waals surface area contributed by atoms with Crippen molar-refractivity contribution >= 4 is 30.7 Å². The van der Waals surface area contributed by atoms with Crippen LogP contribution >= 0.6 is 24.8 Å². The molecule has 5 nitrogen and oxygen atoms in total. The van der Waals surface area contributed by atoms with Crippen LogP contribution in [0.1, 0.15) is 26.2 Å². The van der Waals surface area contributed by atoms with Gasteiger partial charge in [-0.05, 0) is 25.2 Å². The summed E-state index contributed by atoms with van der Waals surface area (Å²) in [5.41, 5.74) is 0. The molecule has 21 heavy (non-hydrogen) atoms. The van der Waals surface area contributed by atoms with Crippen LogP contribution in [0.5, 0.6) is 0 Å². The number of nitrogens with zero attached hydrogens (tertiary/aromatic N) is 2. The van der Waals surface area contributed by atoms with Gasteiger partial charge in [0.2, 0.25) is 5.91 Å². The van der Waals surface area contributed by atoms with Crippen molar-refractivity contribution in [3.05, 3.63) is 0 Å². The summed E-state index contributed by atoms with van der Waals surface area (Å²) < 4.78 is 0. The summed E-state index contributed by atoms with van der Waals surface area (Å²) >= 11 is 0. The van der Waals surface area contributed by atoms with Crippen molar-refractivity contribution < 1.29 is 9.90 Å². The van der Waals surface area contributed by atoms with Crippen LogP contribution in [0, 0.1) is 5.92 Å². The third-order valence-corrected chi connectivity index (χ3v) is 4.02. The molecule has 0 aromatic carbocycles. The number of carbonyl (C=O) groups is 1. The summed E-state index contributed by atoms with van der Waals surface area (Å²) in [6.07, 6.45) is 3.23. The molecule has 1 unspecified atom stereocenters. The van der Waals surface area contributed by atoms with Gasteiger partial charge in [0.1, 0.15) is 0 Å². The molecule has 0 spiro atoms. The van der Waals surface area contributed by atoms with Crippen molar-refractivity contribution in [3.63, 3.8) is 0 Å². The van der Waals surface area contributed by atoms with Crippen LogP contribution in [0.25, 0.3) is 0 Å². The number of rotatable bonds is 7. The molecule has 1 aliphatic carbocycles. The molecule has 0 aromatic heterocycles. The second kappa shape index (κ2) is 10.6. The first-order chi connectivity index (χ1) is 9.19. The second-order valence-electron chi connectivity index (χ2n) is 5.83. The number of hydrogen-bond acceptors (Lipinski definition) is 4. The van der Waals surface area contributed by atoms with Gasteiger partial charge < -0.3 is 10.4 Å². The van der Waals surface area contributed by atoms with Gasteiger partial charge in [0.15, 0.2) is 0 Å². The van der Waals surface area contributed by atoms with Gasteiger partial charge in [-0.1, -0.05) is 6.92 Å². The average molecular weight is 342 g/mol.